The second-order valence-electron chi connectivity index (χ2n) is 4.92. The Morgan fingerprint density at radius 3 is 2.60 bits per heavy atom. The molecule has 0 heterocycles. The summed E-state index contributed by atoms with van der Waals surface area (Å²) in [4.78, 5) is 0. The van der Waals surface area contributed by atoms with Gasteiger partial charge in [0.15, 0.2) is 0 Å². The van der Waals surface area contributed by atoms with Gasteiger partial charge in [0.05, 0.1) is 11.6 Å². The van der Waals surface area contributed by atoms with Gasteiger partial charge in [0, 0.05) is 6.54 Å². The molecule has 0 amide bonds. The van der Waals surface area contributed by atoms with Crippen molar-refractivity contribution in [3.63, 3.8) is 0 Å². The fourth-order valence-electron chi connectivity index (χ4n) is 2.11. The Morgan fingerprint density at radius 1 is 1.53 bits per heavy atom. The van der Waals surface area contributed by atoms with Gasteiger partial charge in [0.2, 0.25) is 0 Å². The summed E-state index contributed by atoms with van der Waals surface area (Å²) < 4.78 is 0. The van der Waals surface area contributed by atoms with Crippen molar-refractivity contribution in [2.24, 2.45) is 5.92 Å². The highest BCUT2D eigenvalue weighted by Gasteiger charge is 2.31. The van der Waals surface area contributed by atoms with Crippen molar-refractivity contribution in [3.8, 4) is 12.3 Å². The van der Waals surface area contributed by atoms with Crippen LogP contribution in [0.15, 0.2) is 0 Å². The van der Waals surface area contributed by atoms with Crippen molar-refractivity contribution in [2.75, 3.05) is 6.54 Å². The lowest BCUT2D eigenvalue weighted by atomic mass is 9.79. The Labute approximate surface area is 93.5 Å². The average molecular weight is 209 g/mol. The molecule has 2 heteroatoms. The predicted octanol–water partition coefficient (Wildman–Crippen LogP) is 1.93. The third-order valence-corrected chi connectivity index (χ3v) is 3.49. The Hall–Kier alpha value is -0.520. The van der Waals surface area contributed by atoms with Crippen molar-refractivity contribution in [1.82, 2.24) is 5.32 Å². The van der Waals surface area contributed by atoms with Gasteiger partial charge in [-0.25, -0.2) is 0 Å². The van der Waals surface area contributed by atoms with E-state index < -0.39 is 5.60 Å². The van der Waals surface area contributed by atoms with Gasteiger partial charge in [-0.3, -0.25) is 0 Å². The van der Waals surface area contributed by atoms with Crippen LogP contribution in [0.25, 0.3) is 0 Å². The minimum Gasteiger partial charge on any atom is -0.389 e. The van der Waals surface area contributed by atoms with Gasteiger partial charge < -0.3 is 10.4 Å². The van der Waals surface area contributed by atoms with Gasteiger partial charge in [0.25, 0.3) is 0 Å². The van der Waals surface area contributed by atoms with E-state index in [-0.39, 0.29) is 6.04 Å². The third-order valence-electron chi connectivity index (χ3n) is 3.49. The highest BCUT2D eigenvalue weighted by molar-refractivity contribution is 4.99. The van der Waals surface area contributed by atoms with Crippen molar-refractivity contribution >= 4 is 0 Å². The minimum atomic E-state index is -0.517. The van der Waals surface area contributed by atoms with Gasteiger partial charge in [0.1, 0.15) is 0 Å². The maximum absolute atomic E-state index is 10.3. The number of hydrogen-bond acceptors (Lipinski definition) is 2. The van der Waals surface area contributed by atoms with E-state index in [1.807, 2.05) is 0 Å². The quantitative estimate of drug-likeness (QED) is 0.693. The average Bonchev–Trinajstić information content (AvgIpc) is 2.25. The molecule has 0 saturated heterocycles. The van der Waals surface area contributed by atoms with Crippen LogP contribution in [-0.4, -0.2) is 23.3 Å². The van der Waals surface area contributed by atoms with Gasteiger partial charge >= 0.3 is 0 Å². The van der Waals surface area contributed by atoms with Crippen molar-refractivity contribution < 1.29 is 5.11 Å². The number of aliphatic hydroxyl groups is 1. The SMILES string of the molecule is C#CC(CC)NCC1(O)CCC(C)CC1. The van der Waals surface area contributed by atoms with Crippen LogP contribution in [0.4, 0.5) is 0 Å². The zero-order chi connectivity index (χ0) is 11.3. The van der Waals surface area contributed by atoms with Crippen molar-refractivity contribution in [2.45, 2.75) is 57.6 Å². The van der Waals surface area contributed by atoms with E-state index in [1.165, 1.54) is 0 Å². The molecule has 0 bridgehead atoms. The van der Waals surface area contributed by atoms with E-state index >= 15 is 0 Å². The standard InChI is InChI=1S/C13H23NO/c1-4-12(5-2)14-10-13(15)8-6-11(3)7-9-13/h1,11-12,14-15H,5-10H2,2-3H3. The van der Waals surface area contributed by atoms with Crippen LogP contribution in [-0.2, 0) is 0 Å². The van der Waals surface area contributed by atoms with Crippen molar-refractivity contribution in [3.05, 3.63) is 0 Å². The molecule has 0 aromatic carbocycles. The first-order chi connectivity index (χ1) is 7.09. The molecule has 2 N–H and O–H groups in total. The van der Waals surface area contributed by atoms with Crippen LogP contribution in [0.1, 0.15) is 46.0 Å². The molecule has 15 heavy (non-hydrogen) atoms. The van der Waals surface area contributed by atoms with Crippen LogP contribution in [0.3, 0.4) is 0 Å². The Morgan fingerprint density at radius 2 is 2.13 bits per heavy atom. The summed E-state index contributed by atoms with van der Waals surface area (Å²) in [6, 6.07) is 0.105. The van der Waals surface area contributed by atoms with Gasteiger partial charge in [-0.2, -0.15) is 0 Å². The predicted molar refractivity (Wildman–Crippen MR) is 63.5 cm³/mol. The van der Waals surface area contributed by atoms with Gasteiger partial charge in [-0.15, -0.1) is 6.42 Å². The zero-order valence-corrected chi connectivity index (χ0v) is 9.92. The second kappa shape index (κ2) is 5.53. The van der Waals surface area contributed by atoms with Crippen LogP contribution in [0.5, 0.6) is 0 Å². The molecule has 2 nitrogen and oxygen atoms in total. The molecule has 1 aliphatic carbocycles. The normalized spacial score (nSPS) is 33.3. The molecule has 1 saturated carbocycles. The lowest BCUT2D eigenvalue weighted by molar-refractivity contribution is -0.00708. The Bertz CT molecular complexity index is 223. The maximum Gasteiger partial charge on any atom is 0.0772 e. The Kier molecular flexibility index (Phi) is 4.63. The molecule has 0 radical (unpaired) electrons. The van der Waals surface area contributed by atoms with E-state index in [0.29, 0.717) is 6.54 Å². The van der Waals surface area contributed by atoms with Crippen LogP contribution >= 0.6 is 0 Å². The monoisotopic (exact) mass is 209 g/mol. The highest BCUT2D eigenvalue weighted by atomic mass is 16.3. The summed E-state index contributed by atoms with van der Waals surface area (Å²) in [7, 11) is 0. The summed E-state index contributed by atoms with van der Waals surface area (Å²) in [5.74, 6) is 3.46. The number of nitrogens with one attached hydrogen (secondary N) is 1. The molecule has 0 spiro atoms. The lowest BCUT2D eigenvalue weighted by Gasteiger charge is -2.35. The van der Waals surface area contributed by atoms with E-state index in [0.717, 1.165) is 38.0 Å². The summed E-state index contributed by atoms with van der Waals surface area (Å²) in [6.07, 6.45) is 10.4. The molecule has 1 rings (SSSR count). The minimum absolute atomic E-state index is 0.105. The molecule has 1 aliphatic rings. The molecular weight excluding hydrogens is 186 g/mol. The van der Waals surface area contributed by atoms with E-state index in [2.05, 4.69) is 25.1 Å². The number of terminal acetylenes is 1. The molecular formula is C13H23NO. The molecule has 86 valence electrons. The van der Waals surface area contributed by atoms with E-state index in [9.17, 15) is 5.11 Å². The third kappa shape index (κ3) is 3.85. The summed E-state index contributed by atoms with van der Waals surface area (Å²) in [6.45, 7) is 4.95. The summed E-state index contributed by atoms with van der Waals surface area (Å²) in [5.41, 5.74) is -0.517. The first-order valence-electron chi connectivity index (χ1n) is 6.01. The second-order valence-corrected chi connectivity index (χ2v) is 4.92. The summed E-state index contributed by atoms with van der Waals surface area (Å²) in [5, 5.41) is 13.6. The first kappa shape index (κ1) is 12.5. The van der Waals surface area contributed by atoms with Crippen LogP contribution < -0.4 is 5.32 Å². The maximum atomic E-state index is 10.3. The van der Waals surface area contributed by atoms with Crippen molar-refractivity contribution in [1.29, 1.82) is 0 Å². The first-order valence-corrected chi connectivity index (χ1v) is 6.01. The largest absolute Gasteiger partial charge is 0.389 e. The molecule has 0 aromatic rings. The number of rotatable bonds is 4. The lowest BCUT2D eigenvalue weighted by Crippen LogP contribution is -2.46. The fourth-order valence-corrected chi connectivity index (χ4v) is 2.11. The van der Waals surface area contributed by atoms with Gasteiger partial charge in [-0.05, 0) is 38.0 Å². The van der Waals surface area contributed by atoms with Crippen LogP contribution in [0, 0.1) is 18.3 Å². The Balaban J connectivity index is 2.34. The van der Waals surface area contributed by atoms with Gasteiger partial charge in [-0.1, -0.05) is 19.8 Å². The highest BCUT2D eigenvalue weighted by Crippen LogP contribution is 2.31. The molecule has 0 aromatic heterocycles. The molecule has 1 fully saturated rings. The molecule has 1 unspecified atom stereocenters. The van der Waals surface area contributed by atoms with E-state index in [4.69, 9.17) is 6.42 Å². The molecule has 1 atom stereocenters. The topological polar surface area (TPSA) is 32.3 Å². The van der Waals surface area contributed by atoms with E-state index in [1.54, 1.807) is 0 Å². The molecule has 0 aliphatic heterocycles. The summed E-state index contributed by atoms with van der Waals surface area (Å²) >= 11 is 0. The smallest absolute Gasteiger partial charge is 0.0772 e. The number of hydrogen-bond donors (Lipinski definition) is 2. The zero-order valence-electron chi connectivity index (χ0n) is 9.92. The van der Waals surface area contributed by atoms with Crippen LogP contribution in [0.2, 0.25) is 0 Å². The fraction of sp³-hybridized carbons (Fsp3) is 0.846.